The molecule has 0 spiro atoms. The fourth-order valence-electron chi connectivity index (χ4n) is 7.04. The van der Waals surface area contributed by atoms with Crippen LogP contribution in [0.25, 0.3) is 0 Å². The topological polar surface area (TPSA) is 186 Å². The molecule has 3 heterocycles. The minimum atomic E-state index is -1.38. The molecule has 15 heteroatoms. The number of benzene rings is 5. The smallest absolute Gasteiger partial charge is 0.356 e. The second-order valence-corrected chi connectivity index (χ2v) is 15.3. The lowest BCUT2D eigenvalue weighted by molar-refractivity contribution is -0.155. The number of ether oxygens (including phenoxy) is 1. The molecule has 294 valence electrons. The molecule has 0 bridgehead atoms. The number of esters is 1. The van der Waals surface area contributed by atoms with Gasteiger partial charge in [0.25, 0.3) is 11.8 Å². The van der Waals surface area contributed by atoms with Gasteiger partial charge in [-0.2, -0.15) is 9.36 Å². The maximum absolute atomic E-state index is 14.3. The molecule has 4 N–H and O–H groups in total. The summed E-state index contributed by atoms with van der Waals surface area (Å²) in [5.74, 6) is -4.26. The zero-order chi connectivity index (χ0) is 40.9. The largest absolute Gasteiger partial charge is 0.478 e. The predicted molar refractivity (Wildman–Crippen MR) is 222 cm³/mol. The summed E-state index contributed by atoms with van der Waals surface area (Å²) >= 11 is 1.93. The first-order chi connectivity index (χ1) is 28.8. The van der Waals surface area contributed by atoms with Gasteiger partial charge < -0.3 is 25.7 Å². The number of carbonyl (C=O) groups is 4. The van der Waals surface area contributed by atoms with Gasteiger partial charge in [-0.05, 0) is 11.1 Å². The van der Waals surface area contributed by atoms with Crippen LogP contribution in [0.3, 0.4) is 0 Å². The zero-order valence-electron chi connectivity index (χ0n) is 31.0. The Morgan fingerprint density at radius 3 is 1.75 bits per heavy atom. The number of carboxylic acid groups (broad SMARTS) is 1. The second-order valence-electron chi connectivity index (χ2n) is 13.4. The van der Waals surface area contributed by atoms with Gasteiger partial charge in [-0.15, -0.1) is 11.8 Å². The number of nitrogens with zero attached hydrogens (tertiary/aromatic N) is 4. The Labute approximate surface area is 346 Å². The summed E-state index contributed by atoms with van der Waals surface area (Å²) in [5, 5.41) is 16.6. The molecule has 0 unspecified atom stereocenters. The van der Waals surface area contributed by atoms with Gasteiger partial charge in [-0.1, -0.05) is 157 Å². The first-order valence-corrected chi connectivity index (χ1v) is 20.1. The van der Waals surface area contributed by atoms with Gasteiger partial charge in [-0.25, -0.2) is 9.59 Å². The number of fused-ring (bicyclic) bond motifs is 1. The van der Waals surface area contributed by atoms with Crippen molar-refractivity contribution in [3.05, 3.63) is 197 Å². The molecular weight excluding hydrogens is 789 g/mol. The predicted octanol–water partition coefficient (Wildman–Crippen LogP) is 5.90. The van der Waals surface area contributed by atoms with Crippen molar-refractivity contribution in [2.75, 3.05) is 11.5 Å². The Morgan fingerprint density at radius 2 is 1.29 bits per heavy atom. The SMILES string of the molecule is Nc1nc(/C(=N/OC(c2ccccc2)(c2ccccc2)c2ccccc2)C(=O)N[C@@H]2C(=O)N3C(C(=O)OC(c4ccccc4)c4ccccc4)=C(C(=O)O)CS[C@H]23)ns1. The van der Waals surface area contributed by atoms with E-state index in [9.17, 15) is 24.3 Å². The molecule has 2 atom stereocenters. The number of hydrogen-bond donors (Lipinski definition) is 3. The van der Waals surface area contributed by atoms with E-state index in [2.05, 4.69) is 19.8 Å². The fourth-order valence-corrected chi connectivity index (χ4v) is 8.80. The van der Waals surface area contributed by atoms with Crippen LogP contribution in [0.2, 0.25) is 0 Å². The molecule has 0 radical (unpaired) electrons. The molecule has 13 nitrogen and oxygen atoms in total. The second kappa shape index (κ2) is 16.8. The summed E-state index contributed by atoms with van der Waals surface area (Å²) in [6, 6.07) is 44.9. The number of carbonyl (C=O) groups excluding carboxylic acids is 3. The van der Waals surface area contributed by atoms with Gasteiger partial charge >= 0.3 is 11.9 Å². The van der Waals surface area contributed by atoms with Gasteiger partial charge in [0.2, 0.25) is 17.1 Å². The van der Waals surface area contributed by atoms with E-state index in [1.54, 1.807) is 48.5 Å². The minimum Gasteiger partial charge on any atom is -0.478 e. The number of nitrogens with one attached hydrogen (secondary N) is 1. The van der Waals surface area contributed by atoms with Crippen molar-refractivity contribution in [3.63, 3.8) is 0 Å². The first kappa shape index (κ1) is 38.8. The number of aromatic nitrogens is 2. The van der Waals surface area contributed by atoms with Gasteiger partial charge in [0.15, 0.2) is 11.2 Å². The van der Waals surface area contributed by atoms with Crippen LogP contribution in [0.4, 0.5) is 5.13 Å². The molecular formula is C44H34N6O7S2. The highest BCUT2D eigenvalue weighted by Crippen LogP contribution is 2.43. The molecule has 2 aliphatic heterocycles. The van der Waals surface area contributed by atoms with Gasteiger partial charge in [0.1, 0.15) is 17.1 Å². The summed E-state index contributed by atoms with van der Waals surface area (Å²) in [4.78, 5) is 66.8. The monoisotopic (exact) mass is 822 g/mol. The van der Waals surface area contributed by atoms with Crippen LogP contribution in [-0.4, -0.2) is 66.0 Å². The lowest BCUT2D eigenvalue weighted by Gasteiger charge is -2.49. The summed E-state index contributed by atoms with van der Waals surface area (Å²) in [6.07, 6.45) is -0.904. The number of nitrogens with two attached hydrogens (primary N) is 1. The van der Waals surface area contributed by atoms with Crippen molar-refractivity contribution in [2.24, 2.45) is 5.16 Å². The van der Waals surface area contributed by atoms with Crippen LogP contribution >= 0.6 is 23.3 Å². The number of oxime groups is 1. The molecule has 1 saturated heterocycles. The number of amides is 2. The van der Waals surface area contributed by atoms with Crippen LogP contribution in [0.1, 0.15) is 39.7 Å². The quantitative estimate of drug-likeness (QED) is 0.0414. The third kappa shape index (κ3) is 7.56. The average molecular weight is 823 g/mol. The van der Waals surface area contributed by atoms with E-state index in [1.165, 1.54) is 0 Å². The Hall–Kier alpha value is -7.10. The molecule has 1 fully saturated rings. The first-order valence-electron chi connectivity index (χ1n) is 18.3. The van der Waals surface area contributed by atoms with Crippen molar-refractivity contribution in [1.82, 2.24) is 19.6 Å². The number of β-lactam (4-membered cyclic amide) rings is 1. The lowest BCUT2D eigenvalue weighted by Crippen LogP contribution is -2.71. The minimum absolute atomic E-state index is 0.0634. The third-order valence-electron chi connectivity index (χ3n) is 9.82. The standard InChI is InChI=1S/C44H34N6O7S2/c45-43-47-37(49-59-43)33(48-57-44(29-20-10-3-11-21-29,30-22-12-4-13-23-30)31-24-14-5-15-25-31)38(51)46-34-39(52)50-35(32(41(53)54)26-58-40(34)50)42(55)56-36(27-16-6-1-7-17-27)28-18-8-2-9-19-28/h1-25,34,36,40H,26H2,(H,46,51)(H,53,54)(H2,45,47,49)/b48-33-/t34-,40-/m1/s1. The number of nitrogen functional groups attached to an aromatic ring is 1. The molecule has 2 amide bonds. The van der Waals surface area contributed by atoms with Gasteiger partial charge in [0, 0.05) is 34.0 Å². The van der Waals surface area contributed by atoms with Crippen LogP contribution in [0, 0.1) is 0 Å². The number of aliphatic carboxylic acids is 1. The fraction of sp³-hybridized carbons (Fsp3) is 0.114. The van der Waals surface area contributed by atoms with E-state index in [0.29, 0.717) is 27.8 Å². The van der Waals surface area contributed by atoms with Crippen molar-refractivity contribution in [2.45, 2.75) is 23.1 Å². The number of thioether (sulfide) groups is 1. The molecule has 5 aromatic carbocycles. The Kier molecular flexibility index (Phi) is 11.0. The van der Waals surface area contributed by atoms with E-state index < -0.39 is 52.6 Å². The van der Waals surface area contributed by atoms with Gasteiger partial charge in [-0.3, -0.25) is 14.5 Å². The summed E-state index contributed by atoms with van der Waals surface area (Å²) < 4.78 is 10.3. The summed E-state index contributed by atoms with van der Waals surface area (Å²) in [5.41, 5.74) is 6.93. The van der Waals surface area contributed by atoms with E-state index in [1.807, 2.05) is 103 Å². The third-order valence-corrected chi connectivity index (χ3v) is 11.6. The molecule has 0 saturated carbocycles. The summed E-state index contributed by atoms with van der Waals surface area (Å²) in [6.45, 7) is 0. The normalized spacial score (nSPS) is 16.5. The van der Waals surface area contributed by atoms with Crippen LogP contribution in [-0.2, 0) is 34.4 Å². The van der Waals surface area contributed by atoms with Crippen molar-refractivity contribution in [1.29, 1.82) is 0 Å². The Balaban J connectivity index is 1.11. The number of hydrogen-bond acceptors (Lipinski definition) is 12. The zero-order valence-corrected chi connectivity index (χ0v) is 32.6. The van der Waals surface area contributed by atoms with Gasteiger partial charge in [0.05, 0.1) is 5.57 Å². The highest BCUT2D eigenvalue weighted by atomic mass is 32.2. The Morgan fingerprint density at radius 1 is 0.797 bits per heavy atom. The van der Waals surface area contributed by atoms with Crippen LogP contribution in [0.15, 0.2) is 168 Å². The lowest BCUT2D eigenvalue weighted by atomic mass is 9.80. The molecule has 1 aromatic heterocycles. The van der Waals surface area contributed by atoms with Crippen molar-refractivity contribution in [3.8, 4) is 0 Å². The number of carboxylic acids is 1. The summed E-state index contributed by atoms with van der Waals surface area (Å²) in [7, 11) is 0. The van der Waals surface area contributed by atoms with E-state index in [-0.39, 0.29) is 28.0 Å². The number of rotatable bonds is 13. The highest BCUT2D eigenvalue weighted by Gasteiger charge is 2.56. The highest BCUT2D eigenvalue weighted by molar-refractivity contribution is 8.00. The Bertz CT molecular complexity index is 2420. The molecule has 0 aliphatic carbocycles. The van der Waals surface area contributed by atoms with Crippen LogP contribution < -0.4 is 11.1 Å². The van der Waals surface area contributed by atoms with Crippen molar-refractivity contribution >= 4 is 57.9 Å². The van der Waals surface area contributed by atoms with Crippen LogP contribution in [0.5, 0.6) is 0 Å². The van der Waals surface area contributed by atoms with E-state index in [4.69, 9.17) is 15.3 Å². The van der Waals surface area contributed by atoms with E-state index >= 15 is 0 Å². The molecule has 59 heavy (non-hydrogen) atoms. The van der Waals surface area contributed by atoms with E-state index in [0.717, 1.165) is 28.2 Å². The molecule has 6 aromatic rings. The number of anilines is 1. The maximum atomic E-state index is 14.3. The molecule has 8 rings (SSSR count). The maximum Gasteiger partial charge on any atom is 0.356 e. The van der Waals surface area contributed by atoms with Crippen molar-refractivity contribution < 1.29 is 33.9 Å². The average Bonchev–Trinajstić information content (AvgIpc) is 3.72. The molecule has 2 aliphatic rings.